The van der Waals surface area contributed by atoms with E-state index < -0.39 is 10.0 Å². The van der Waals surface area contributed by atoms with Crippen LogP contribution in [0.25, 0.3) is 0 Å². The van der Waals surface area contributed by atoms with Gasteiger partial charge in [0.2, 0.25) is 10.0 Å². The molecule has 0 saturated heterocycles. The number of sulfonamides is 1. The second kappa shape index (κ2) is 6.39. The van der Waals surface area contributed by atoms with Gasteiger partial charge in [-0.05, 0) is 29.7 Å². The molecular weight excluding hydrogens is 284 g/mol. The van der Waals surface area contributed by atoms with E-state index in [1.807, 2.05) is 30.3 Å². The van der Waals surface area contributed by atoms with Crippen LogP contribution in [-0.2, 0) is 23.1 Å². The van der Waals surface area contributed by atoms with Crippen LogP contribution in [0.2, 0.25) is 0 Å². The Kier molecular flexibility index (Phi) is 4.77. The van der Waals surface area contributed by atoms with E-state index in [9.17, 15) is 8.42 Å². The van der Waals surface area contributed by atoms with E-state index in [-0.39, 0.29) is 0 Å². The second-order valence-corrected chi connectivity index (χ2v) is 7.01. The van der Waals surface area contributed by atoms with Gasteiger partial charge in [-0.2, -0.15) is 4.31 Å². The molecule has 0 spiro atoms. The molecule has 0 aliphatic heterocycles. The molecule has 0 unspecified atom stereocenters. The Labute approximate surface area is 126 Å². The van der Waals surface area contributed by atoms with Gasteiger partial charge < -0.3 is 5.73 Å². The Hall–Kier alpha value is -1.69. The zero-order valence-corrected chi connectivity index (χ0v) is 13.1. The molecule has 0 heterocycles. The highest BCUT2D eigenvalue weighted by Crippen LogP contribution is 2.21. The summed E-state index contributed by atoms with van der Waals surface area (Å²) in [6.07, 6.45) is 0. The van der Waals surface area contributed by atoms with Crippen molar-refractivity contribution in [2.75, 3.05) is 7.05 Å². The number of aryl methyl sites for hydroxylation is 1. The normalized spacial score (nSPS) is 11.8. The molecule has 2 rings (SSSR count). The molecule has 2 aromatic rings. The van der Waals surface area contributed by atoms with E-state index in [2.05, 4.69) is 0 Å². The average molecular weight is 304 g/mol. The number of benzene rings is 2. The van der Waals surface area contributed by atoms with Gasteiger partial charge in [0, 0.05) is 20.1 Å². The molecule has 2 N–H and O–H groups in total. The summed E-state index contributed by atoms with van der Waals surface area (Å²) in [5.41, 5.74) is 8.34. The molecule has 0 radical (unpaired) electrons. The predicted molar refractivity (Wildman–Crippen MR) is 84.2 cm³/mol. The fourth-order valence-corrected chi connectivity index (χ4v) is 3.62. The maximum atomic E-state index is 12.7. The summed E-state index contributed by atoms with van der Waals surface area (Å²) in [5.74, 6) is 0. The smallest absolute Gasteiger partial charge is 0.243 e. The molecule has 0 atom stereocenters. The lowest BCUT2D eigenvalue weighted by atomic mass is 10.1. The van der Waals surface area contributed by atoms with Crippen molar-refractivity contribution in [3.05, 3.63) is 65.2 Å². The van der Waals surface area contributed by atoms with Crippen LogP contribution in [0, 0.1) is 6.92 Å². The maximum absolute atomic E-state index is 12.7. The standard InChI is InChI=1S/C16H20N2O2S/c1-13-7-3-6-10-16(13)21(19,20)18(2)12-15-9-5-4-8-14(15)11-17/h3-10H,11-12,17H2,1-2H3. The first-order chi connectivity index (χ1) is 9.96. The van der Waals surface area contributed by atoms with Crippen LogP contribution in [0.15, 0.2) is 53.4 Å². The van der Waals surface area contributed by atoms with Gasteiger partial charge in [0.15, 0.2) is 0 Å². The van der Waals surface area contributed by atoms with Crippen LogP contribution in [0.4, 0.5) is 0 Å². The molecule has 2 aromatic carbocycles. The third-order valence-corrected chi connectivity index (χ3v) is 5.48. The highest BCUT2D eigenvalue weighted by molar-refractivity contribution is 7.89. The largest absolute Gasteiger partial charge is 0.326 e. The van der Waals surface area contributed by atoms with Crippen molar-refractivity contribution >= 4 is 10.0 Å². The van der Waals surface area contributed by atoms with Crippen molar-refractivity contribution in [2.24, 2.45) is 5.73 Å². The summed E-state index contributed by atoms with van der Waals surface area (Å²) in [5, 5.41) is 0. The second-order valence-electron chi connectivity index (χ2n) is 5.00. The monoisotopic (exact) mass is 304 g/mol. The maximum Gasteiger partial charge on any atom is 0.243 e. The van der Waals surface area contributed by atoms with Crippen molar-refractivity contribution < 1.29 is 8.42 Å². The van der Waals surface area contributed by atoms with Gasteiger partial charge >= 0.3 is 0 Å². The van der Waals surface area contributed by atoms with E-state index >= 15 is 0 Å². The zero-order chi connectivity index (χ0) is 15.5. The van der Waals surface area contributed by atoms with Crippen LogP contribution in [0.3, 0.4) is 0 Å². The van der Waals surface area contributed by atoms with Crippen molar-refractivity contribution in [3.8, 4) is 0 Å². The minimum atomic E-state index is -3.50. The van der Waals surface area contributed by atoms with Crippen molar-refractivity contribution in [3.63, 3.8) is 0 Å². The van der Waals surface area contributed by atoms with Crippen LogP contribution < -0.4 is 5.73 Å². The van der Waals surface area contributed by atoms with Crippen molar-refractivity contribution in [2.45, 2.75) is 24.9 Å². The molecule has 0 aromatic heterocycles. The Morgan fingerprint density at radius 3 is 2.19 bits per heavy atom. The molecular formula is C16H20N2O2S. The Morgan fingerprint density at radius 2 is 1.57 bits per heavy atom. The first-order valence-electron chi connectivity index (χ1n) is 6.75. The van der Waals surface area contributed by atoms with E-state index in [1.54, 1.807) is 32.2 Å². The Bertz CT molecular complexity index is 727. The van der Waals surface area contributed by atoms with Gasteiger partial charge in [-0.1, -0.05) is 42.5 Å². The van der Waals surface area contributed by atoms with Crippen LogP contribution >= 0.6 is 0 Å². The number of hydrogen-bond acceptors (Lipinski definition) is 3. The topological polar surface area (TPSA) is 63.4 Å². The lowest BCUT2D eigenvalue weighted by Gasteiger charge is -2.20. The molecule has 0 aliphatic carbocycles. The predicted octanol–water partition coefficient (Wildman–Crippen LogP) is 2.27. The summed E-state index contributed by atoms with van der Waals surface area (Å²) in [7, 11) is -1.91. The molecule has 5 heteroatoms. The van der Waals surface area contributed by atoms with Crippen LogP contribution in [0.5, 0.6) is 0 Å². The van der Waals surface area contributed by atoms with E-state index in [0.717, 1.165) is 16.7 Å². The highest BCUT2D eigenvalue weighted by atomic mass is 32.2. The summed E-state index contributed by atoms with van der Waals surface area (Å²) < 4.78 is 26.7. The summed E-state index contributed by atoms with van der Waals surface area (Å²) in [4.78, 5) is 0.345. The molecule has 0 aliphatic rings. The summed E-state index contributed by atoms with van der Waals surface area (Å²) in [6, 6.07) is 14.6. The van der Waals surface area contributed by atoms with Gasteiger partial charge in [-0.25, -0.2) is 8.42 Å². The Morgan fingerprint density at radius 1 is 1.00 bits per heavy atom. The number of hydrogen-bond donors (Lipinski definition) is 1. The molecule has 112 valence electrons. The van der Waals surface area contributed by atoms with E-state index in [4.69, 9.17) is 5.73 Å². The van der Waals surface area contributed by atoms with Crippen molar-refractivity contribution in [1.29, 1.82) is 0 Å². The molecule has 0 fully saturated rings. The third-order valence-electron chi connectivity index (χ3n) is 3.51. The summed E-state index contributed by atoms with van der Waals surface area (Å²) in [6.45, 7) is 2.51. The third kappa shape index (κ3) is 3.32. The van der Waals surface area contributed by atoms with Gasteiger partial charge in [0.1, 0.15) is 0 Å². The van der Waals surface area contributed by atoms with Crippen LogP contribution in [-0.4, -0.2) is 19.8 Å². The molecule has 0 saturated carbocycles. The highest BCUT2D eigenvalue weighted by Gasteiger charge is 2.22. The fourth-order valence-electron chi connectivity index (χ4n) is 2.25. The quantitative estimate of drug-likeness (QED) is 0.921. The first-order valence-corrected chi connectivity index (χ1v) is 8.19. The van der Waals surface area contributed by atoms with E-state index in [0.29, 0.717) is 18.0 Å². The van der Waals surface area contributed by atoms with Gasteiger partial charge in [-0.15, -0.1) is 0 Å². The summed E-state index contributed by atoms with van der Waals surface area (Å²) >= 11 is 0. The molecule has 0 bridgehead atoms. The van der Waals surface area contributed by atoms with E-state index in [1.165, 1.54) is 4.31 Å². The van der Waals surface area contributed by atoms with Gasteiger partial charge in [-0.3, -0.25) is 0 Å². The SMILES string of the molecule is Cc1ccccc1S(=O)(=O)N(C)Cc1ccccc1CN. The lowest BCUT2D eigenvalue weighted by Crippen LogP contribution is -2.27. The lowest BCUT2D eigenvalue weighted by molar-refractivity contribution is 0.465. The molecule has 21 heavy (non-hydrogen) atoms. The van der Waals surface area contributed by atoms with Crippen molar-refractivity contribution in [1.82, 2.24) is 4.31 Å². The number of nitrogens with two attached hydrogens (primary N) is 1. The van der Waals surface area contributed by atoms with Gasteiger partial charge in [0.25, 0.3) is 0 Å². The average Bonchev–Trinajstić information content (AvgIpc) is 2.48. The minimum absolute atomic E-state index is 0.310. The minimum Gasteiger partial charge on any atom is -0.326 e. The fraction of sp³-hybridized carbons (Fsp3) is 0.250. The number of rotatable bonds is 5. The number of nitrogens with zero attached hydrogens (tertiary/aromatic N) is 1. The zero-order valence-electron chi connectivity index (χ0n) is 12.3. The van der Waals surface area contributed by atoms with Crippen LogP contribution in [0.1, 0.15) is 16.7 Å². The van der Waals surface area contributed by atoms with Gasteiger partial charge in [0.05, 0.1) is 4.90 Å². The molecule has 0 amide bonds. The molecule has 4 nitrogen and oxygen atoms in total. The first kappa shape index (κ1) is 15.7. The Balaban J connectivity index is 2.32.